The fraction of sp³-hybridized carbons (Fsp3) is 0.286. The molecule has 3 N–H and O–H groups in total. The predicted molar refractivity (Wildman–Crippen MR) is 76.1 cm³/mol. The van der Waals surface area contributed by atoms with Crippen LogP contribution in [-0.4, -0.2) is 9.78 Å². The van der Waals surface area contributed by atoms with Gasteiger partial charge in [0.25, 0.3) is 0 Å². The number of nitriles is 1. The highest BCUT2D eigenvalue weighted by molar-refractivity contribution is 5.71. The van der Waals surface area contributed by atoms with Crippen LogP contribution in [-0.2, 0) is 7.05 Å². The second kappa shape index (κ2) is 5.02. The summed E-state index contributed by atoms with van der Waals surface area (Å²) in [5.41, 5.74) is 9.18. The zero-order chi connectivity index (χ0) is 14.0. The van der Waals surface area contributed by atoms with Crippen LogP contribution in [0.4, 0.5) is 17.2 Å². The summed E-state index contributed by atoms with van der Waals surface area (Å²) in [6, 6.07) is 9.31. The van der Waals surface area contributed by atoms with Crippen LogP contribution < -0.4 is 11.1 Å². The molecular weight excluding hydrogens is 238 g/mol. The Kier molecular flexibility index (Phi) is 3.43. The van der Waals surface area contributed by atoms with E-state index >= 15 is 0 Å². The molecule has 0 aliphatic rings. The van der Waals surface area contributed by atoms with Gasteiger partial charge in [0.05, 0.1) is 23.0 Å². The molecular formula is C14H17N5. The van der Waals surface area contributed by atoms with Crippen molar-refractivity contribution in [3.63, 3.8) is 0 Å². The quantitative estimate of drug-likeness (QED) is 0.883. The Morgan fingerprint density at radius 3 is 2.42 bits per heavy atom. The minimum atomic E-state index is 0.280. The molecule has 19 heavy (non-hydrogen) atoms. The maximum atomic E-state index is 8.77. The topological polar surface area (TPSA) is 79.7 Å². The summed E-state index contributed by atoms with van der Waals surface area (Å²) in [5.74, 6) is 1.05. The molecule has 1 aromatic heterocycles. The van der Waals surface area contributed by atoms with Crippen molar-refractivity contribution in [3.05, 3.63) is 35.5 Å². The van der Waals surface area contributed by atoms with Crippen LogP contribution >= 0.6 is 0 Å². The molecule has 0 spiro atoms. The summed E-state index contributed by atoms with van der Waals surface area (Å²) in [6.07, 6.45) is 0. The molecule has 5 nitrogen and oxygen atoms in total. The number of nitrogen functional groups attached to an aromatic ring is 1. The third-order valence-corrected chi connectivity index (χ3v) is 2.94. The molecule has 1 heterocycles. The van der Waals surface area contributed by atoms with Gasteiger partial charge in [-0.3, -0.25) is 4.68 Å². The molecule has 98 valence electrons. The molecule has 0 radical (unpaired) electrons. The van der Waals surface area contributed by atoms with E-state index in [2.05, 4.69) is 30.3 Å². The van der Waals surface area contributed by atoms with Crippen LogP contribution in [0.2, 0.25) is 0 Å². The van der Waals surface area contributed by atoms with Crippen molar-refractivity contribution in [1.29, 1.82) is 5.26 Å². The monoisotopic (exact) mass is 255 g/mol. The summed E-state index contributed by atoms with van der Waals surface area (Å²) in [6.45, 7) is 4.12. The Hall–Kier alpha value is -2.48. The summed E-state index contributed by atoms with van der Waals surface area (Å²) in [4.78, 5) is 0. The fourth-order valence-corrected chi connectivity index (χ4v) is 1.90. The van der Waals surface area contributed by atoms with E-state index in [1.54, 1.807) is 16.8 Å². The van der Waals surface area contributed by atoms with E-state index < -0.39 is 0 Å². The van der Waals surface area contributed by atoms with Gasteiger partial charge in [-0.05, 0) is 30.2 Å². The number of nitrogens with one attached hydrogen (secondary N) is 1. The third kappa shape index (κ3) is 2.52. The van der Waals surface area contributed by atoms with Crippen LogP contribution in [0.3, 0.4) is 0 Å². The van der Waals surface area contributed by atoms with E-state index in [9.17, 15) is 0 Å². The molecule has 0 fully saturated rings. The normalized spacial score (nSPS) is 10.5. The van der Waals surface area contributed by atoms with Gasteiger partial charge in [-0.2, -0.15) is 10.4 Å². The van der Waals surface area contributed by atoms with Gasteiger partial charge in [0.2, 0.25) is 0 Å². The second-order valence-corrected chi connectivity index (χ2v) is 4.74. The maximum absolute atomic E-state index is 8.77. The number of nitrogens with two attached hydrogens (primary N) is 1. The van der Waals surface area contributed by atoms with Crippen LogP contribution in [0.25, 0.3) is 0 Å². The van der Waals surface area contributed by atoms with Crippen LogP contribution in [0.5, 0.6) is 0 Å². The van der Waals surface area contributed by atoms with Gasteiger partial charge in [0.15, 0.2) is 5.82 Å². The number of hydrogen-bond acceptors (Lipinski definition) is 4. The van der Waals surface area contributed by atoms with Gasteiger partial charge in [0, 0.05) is 12.7 Å². The Morgan fingerprint density at radius 1 is 1.32 bits per heavy atom. The first-order valence-corrected chi connectivity index (χ1v) is 6.12. The minimum absolute atomic E-state index is 0.280. The van der Waals surface area contributed by atoms with Crippen LogP contribution in [0, 0.1) is 11.3 Å². The van der Waals surface area contributed by atoms with Gasteiger partial charge in [-0.25, -0.2) is 0 Å². The molecule has 0 aliphatic heterocycles. The maximum Gasteiger partial charge on any atom is 0.152 e. The lowest BCUT2D eigenvalue weighted by Crippen LogP contribution is -2.01. The molecule has 0 amide bonds. The van der Waals surface area contributed by atoms with Crippen molar-refractivity contribution in [3.8, 4) is 6.07 Å². The average molecular weight is 255 g/mol. The van der Waals surface area contributed by atoms with Crippen molar-refractivity contribution in [2.24, 2.45) is 7.05 Å². The first kappa shape index (κ1) is 13.0. The van der Waals surface area contributed by atoms with Gasteiger partial charge in [0.1, 0.15) is 0 Å². The van der Waals surface area contributed by atoms with Crippen molar-refractivity contribution in [1.82, 2.24) is 9.78 Å². The van der Waals surface area contributed by atoms with Crippen molar-refractivity contribution >= 4 is 17.2 Å². The molecule has 1 aromatic carbocycles. The van der Waals surface area contributed by atoms with E-state index in [1.165, 1.54) is 0 Å². The number of rotatable bonds is 3. The number of aryl methyl sites for hydroxylation is 1. The fourth-order valence-electron chi connectivity index (χ4n) is 1.90. The summed E-state index contributed by atoms with van der Waals surface area (Å²) >= 11 is 0. The highest BCUT2D eigenvalue weighted by atomic mass is 15.3. The van der Waals surface area contributed by atoms with Crippen molar-refractivity contribution in [2.45, 2.75) is 19.8 Å². The molecule has 2 aromatic rings. The number of benzene rings is 1. The van der Waals surface area contributed by atoms with Crippen molar-refractivity contribution in [2.75, 3.05) is 11.1 Å². The Morgan fingerprint density at radius 2 is 1.95 bits per heavy atom. The highest BCUT2D eigenvalue weighted by Gasteiger charge is 2.15. The zero-order valence-electron chi connectivity index (χ0n) is 11.3. The SMILES string of the molecule is CC(C)c1nn(C)c(Nc2ccc(C#N)cc2)c1N. The van der Waals surface area contributed by atoms with E-state index in [4.69, 9.17) is 11.0 Å². The first-order valence-electron chi connectivity index (χ1n) is 6.12. The van der Waals surface area contributed by atoms with E-state index in [0.717, 1.165) is 17.2 Å². The summed E-state index contributed by atoms with van der Waals surface area (Å²) < 4.78 is 1.74. The molecule has 0 saturated heterocycles. The van der Waals surface area contributed by atoms with E-state index in [-0.39, 0.29) is 5.92 Å². The lowest BCUT2D eigenvalue weighted by Gasteiger charge is -2.08. The number of aromatic nitrogens is 2. The van der Waals surface area contributed by atoms with Crippen LogP contribution in [0.1, 0.15) is 31.0 Å². The number of anilines is 3. The molecule has 0 saturated carbocycles. The number of nitrogens with zero attached hydrogens (tertiary/aromatic N) is 3. The van der Waals surface area contributed by atoms with Gasteiger partial charge >= 0.3 is 0 Å². The second-order valence-electron chi connectivity index (χ2n) is 4.74. The van der Waals surface area contributed by atoms with E-state index in [1.807, 2.05) is 19.2 Å². The summed E-state index contributed by atoms with van der Waals surface area (Å²) in [5, 5.41) is 16.4. The molecule has 0 aliphatic carbocycles. The van der Waals surface area contributed by atoms with Gasteiger partial charge in [-0.1, -0.05) is 13.8 Å². The molecule has 5 heteroatoms. The van der Waals surface area contributed by atoms with Crippen LogP contribution in [0.15, 0.2) is 24.3 Å². The number of hydrogen-bond donors (Lipinski definition) is 2. The molecule has 2 rings (SSSR count). The molecule has 0 bridgehead atoms. The molecule has 0 unspecified atom stereocenters. The Balaban J connectivity index is 2.30. The third-order valence-electron chi connectivity index (χ3n) is 2.94. The van der Waals surface area contributed by atoms with E-state index in [0.29, 0.717) is 11.3 Å². The predicted octanol–water partition coefficient (Wildman–Crippen LogP) is 2.74. The van der Waals surface area contributed by atoms with Crippen molar-refractivity contribution < 1.29 is 0 Å². The highest BCUT2D eigenvalue weighted by Crippen LogP contribution is 2.29. The lowest BCUT2D eigenvalue weighted by molar-refractivity contribution is 0.718. The molecule has 0 atom stereocenters. The zero-order valence-corrected chi connectivity index (χ0v) is 11.3. The largest absolute Gasteiger partial charge is 0.394 e. The minimum Gasteiger partial charge on any atom is -0.394 e. The van der Waals surface area contributed by atoms with Gasteiger partial charge in [-0.15, -0.1) is 0 Å². The van der Waals surface area contributed by atoms with Gasteiger partial charge < -0.3 is 11.1 Å². The average Bonchev–Trinajstić information content (AvgIpc) is 2.68. The smallest absolute Gasteiger partial charge is 0.152 e. The lowest BCUT2D eigenvalue weighted by atomic mass is 10.1. The summed E-state index contributed by atoms with van der Waals surface area (Å²) in [7, 11) is 1.86. The standard InChI is InChI=1S/C14H17N5/c1-9(2)13-12(16)14(19(3)18-13)17-11-6-4-10(8-15)5-7-11/h4-7,9,17H,16H2,1-3H3. The first-order chi connectivity index (χ1) is 9.02. The Labute approximate surface area is 112 Å². The Bertz CT molecular complexity index is 617.